The Bertz CT molecular complexity index is 788. The normalized spacial score (nSPS) is 30.5. The molecule has 1 fully saturated rings. The molecule has 0 saturated carbocycles. The van der Waals surface area contributed by atoms with Gasteiger partial charge in [0.15, 0.2) is 0 Å². The Morgan fingerprint density at radius 3 is 2.71 bits per heavy atom. The summed E-state index contributed by atoms with van der Waals surface area (Å²) in [6, 6.07) is 5.29. The highest BCUT2D eigenvalue weighted by molar-refractivity contribution is 5.81. The van der Waals surface area contributed by atoms with E-state index in [0.29, 0.717) is 5.58 Å². The van der Waals surface area contributed by atoms with Gasteiger partial charge in [0.25, 0.3) is 0 Å². The Labute approximate surface area is 137 Å². The Morgan fingerprint density at radius 2 is 2.00 bits per heavy atom. The minimum Gasteiger partial charge on any atom is -0.462 e. The van der Waals surface area contributed by atoms with E-state index in [-0.39, 0.29) is 5.75 Å². The zero-order valence-corrected chi connectivity index (χ0v) is 13.0. The minimum absolute atomic E-state index is 0.277. The molecular formula is C16H19NO7. The van der Waals surface area contributed by atoms with Crippen LogP contribution in [0.5, 0.6) is 5.75 Å². The van der Waals surface area contributed by atoms with Crippen LogP contribution in [0, 0.1) is 6.92 Å². The van der Waals surface area contributed by atoms with Crippen molar-refractivity contribution in [2.45, 2.75) is 37.6 Å². The number of aryl methyl sites for hydroxylation is 1. The van der Waals surface area contributed by atoms with Crippen molar-refractivity contribution in [3.63, 3.8) is 0 Å². The van der Waals surface area contributed by atoms with Crippen molar-refractivity contribution in [1.29, 1.82) is 0 Å². The molecule has 0 spiro atoms. The third kappa shape index (κ3) is 3.02. The molecule has 1 aliphatic rings. The number of hydrogen-bond acceptors (Lipinski definition) is 8. The predicted molar refractivity (Wildman–Crippen MR) is 83.6 cm³/mol. The summed E-state index contributed by atoms with van der Waals surface area (Å²) in [5, 5.41) is 30.0. The molecule has 0 bridgehead atoms. The maximum atomic E-state index is 11.5. The average molecular weight is 337 g/mol. The van der Waals surface area contributed by atoms with Crippen LogP contribution in [0.25, 0.3) is 11.0 Å². The molecule has 5 N–H and O–H groups in total. The number of aliphatic hydroxyl groups is 3. The van der Waals surface area contributed by atoms with Crippen LogP contribution in [0.2, 0.25) is 0 Å². The van der Waals surface area contributed by atoms with Crippen molar-refractivity contribution >= 4 is 11.0 Å². The number of rotatable bonds is 3. The second-order valence-electron chi connectivity index (χ2n) is 5.81. The van der Waals surface area contributed by atoms with E-state index in [1.165, 1.54) is 12.1 Å². The molecule has 24 heavy (non-hydrogen) atoms. The third-order valence-electron chi connectivity index (χ3n) is 4.12. The van der Waals surface area contributed by atoms with Gasteiger partial charge in [0.1, 0.15) is 29.6 Å². The van der Waals surface area contributed by atoms with Gasteiger partial charge in [-0.15, -0.1) is 0 Å². The van der Waals surface area contributed by atoms with Gasteiger partial charge in [-0.3, -0.25) is 0 Å². The fourth-order valence-corrected chi connectivity index (χ4v) is 2.73. The fraction of sp³-hybridized carbons (Fsp3) is 0.438. The molecule has 8 heteroatoms. The van der Waals surface area contributed by atoms with Crippen LogP contribution >= 0.6 is 0 Å². The monoisotopic (exact) mass is 337 g/mol. The highest BCUT2D eigenvalue weighted by Gasteiger charge is 2.43. The molecule has 0 amide bonds. The Balaban J connectivity index is 1.87. The lowest BCUT2D eigenvalue weighted by Gasteiger charge is -2.40. The lowest BCUT2D eigenvalue weighted by atomic mass is 9.97. The summed E-state index contributed by atoms with van der Waals surface area (Å²) in [6.45, 7) is 1.37. The van der Waals surface area contributed by atoms with E-state index in [0.717, 1.165) is 10.9 Å². The van der Waals surface area contributed by atoms with Gasteiger partial charge in [0.05, 0.1) is 12.6 Å². The van der Waals surface area contributed by atoms with Crippen molar-refractivity contribution in [3.05, 3.63) is 40.2 Å². The van der Waals surface area contributed by atoms with E-state index in [9.17, 15) is 20.1 Å². The molecule has 1 aromatic carbocycles. The predicted octanol–water partition coefficient (Wildman–Crippen LogP) is -0.753. The molecule has 130 valence electrons. The fourth-order valence-electron chi connectivity index (χ4n) is 2.73. The lowest BCUT2D eigenvalue weighted by molar-refractivity contribution is -0.247. The quantitative estimate of drug-likeness (QED) is 0.537. The second-order valence-corrected chi connectivity index (χ2v) is 5.81. The van der Waals surface area contributed by atoms with Gasteiger partial charge < -0.3 is 34.9 Å². The number of nitrogens with two attached hydrogens (primary N) is 1. The molecule has 8 nitrogen and oxygen atoms in total. The van der Waals surface area contributed by atoms with Gasteiger partial charge in [-0.05, 0) is 24.6 Å². The molecule has 2 aromatic rings. The van der Waals surface area contributed by atoms with Gasteiger partial charge in [-0.2, -0.15) is 0 Å². The van der Waals surface area contributed by atoms with Crippen molar-refractivity contribution in [1.82, 2.24) is 0 Å². The molecule has 2 heterocycles. The molecule has 5 atom stereocenters. The zero-order chi connectivity index (χ0) is 17.4. The van der Waals surface area contributed by atoms with Crippen LogP contribution in [-0.4, -0.2) is 52.6 Å². The topological polar surface area (TPSA) is 135 Å². The first-order valence-electron chi connectivity index (χ1n) is 7.50. The van der Waals surface area contributed by atoms with Crippen molar-refractivity contribution in [3.8, 4) is 5.75 Å². The number of fused-ring (bicyclic) bond motifs is 1. The van der Waals surface area contributed by atoms with E-state index < -0.39 is 42.9 Å². The van der Waals surface area contributed by atoms with Crippen LogP contribution in [0.1, 0.15) is 5.56 Å². The summed E-state index contributed by atoms with van der Waals surface area (Å²) >= 11 is 0. The Hall–Kier alpha value is -1.97. The summed E-state index contributed by atoms with van der Waals surface area (Å²) in [7, 11) is 0. The van der Waals surface area contributed by atoms with Crippen LogP contribution in [0.15, 0.2) is 33.5 Å². The molecule has 1 aromatic heterocycles. The van der Waals surface area contributed by atoms with Crippen molar-refractivity contribution in [2.75, 3.05) is 6.61 Å². The molecule has 0 unspecified atom stereocenters. The van der Waals surface area contributed by atoms with Gasteiger partial charge in [-0.25, -0.2) is 4.79 Å². The maximum Gasteiger partial charge on any atom is 0.336 e. The minimum atomic E-state index is -1.39. The molecule has 0 aliphatic carbocycles. The van der Waals surface area contributed by atoms with Gasteiger partial charge in [-0.1, -0.05) is 0 Å². The number of hydrogen-bond donors (Lipinski definition) is 4. The summed E-state index contributed by atoms with van der Waals surface area (Å²) in [5.74, 6) is 0.277. The second kappa shape index (κ2) is 6.50. The van der Waals surface area contributed by atoms with Crippen LogP contribution in [0.4, 0.5) is 0 Å². The summed E-state index contributed by atoms with van der Waals surface area (Å²) in [4.78, 5) is 11.5. The first-order valence-corrected chi connectivity index (χ1v) is 7.50. The number of benzene rings is 1. The van der Waals surface area contributed by atoms with E-state index >= 15 is 0 Å². The highest BCUT2D eigenvalue weighted by atomic mass is 16.7. The summed E-state index contributed by atoms with van der Waals surface area (Å²) in [5.41, 5.74) is 6.31. The zero-order valence-electron chi connectivity index (χ0n) is 13.0. The van der Waals surface area contributed by atoms with Crippen molar-refractivity contribution in [2.24, 2.45) is 5.73 Å². The average Bonchev–Trinajstić information content (AvgIpc) is 2.55. The number of aliphatic hydroxyl groups excluding tert-OH is 3. The van der Waals surface area contributed by atoms with E-state index in [2.05, 4.69) is 0 Å². The van der Waals surface area contributed by atoms with Crippen molar-refractivity contribution < 1.29 is 29.2 Å². The van der Waals surface area contributed by atoms with Gasteiger partial charge in [0.2, 0.25) is 6.29 Å². The van der Waals surface area contributed by atoms with E-state index in [1.807, 2.05) is 0 Å². The van der Waals surface area contributed by atoms with Crippen LogP contribution < -0.4 is 16.1 Å². The summed E-state index contributed by atoms with van der Waals surface area (Å²) in [6.07, 6.45) is -4.77. The first kappa shape index (κ1) is 16.9. The van der Waals surface area contributed by atoms with Gasteiger partial charge >= 0.3 is 5.63 Å². The number of ether oxygens (including phenoxy) is 2. The maximum absolute atomic E-state index is 11.5. The largest absolute Gasteiger partial charge is 0.462 e. The highest BCUT2D eigenvalue weighted by Crippen LogP contribution is 2.26. The lowest BCUT2D eigenvalue weighted by Crippen LogP contribution is -2.63. The van der Waals surface area contributed by atoms with E-state index in [1.54, 1.807) is 19.1 Å². The van der Waals surface area contributed by atoms with Crippen LogP contribution in [-0.2, 0) is 4.74 Å². The molecule has 0 radical (unpaired) electrons. The molecule has 1 aliphatic heterocycles. The Morgan fingerprint density at radius 1 is 1.25 bits per heavy atom. The smallest absolute Gasteiger partial charge is 0.336 e. The molecular weight excluding hydrogens is 318 g/mol. The van der Waals surface area contributed by atoms with Crippen LogP contribution in [0.3, 0.4) is 0 Å². The SMILES string of the molecule is Cc1cc(=O)oc2cc(O[C@@H]3O[C@H](CO)[C@@H](N)[C@H](O)[C@H]3O)ccc12. The molecule has 1 saturated heterocycles. The van der Waals surface area contributed by atoms with E-state index in [4.69, 9.17) is 19.6 Å². The standard InChI is InChI=1S/C16H19NO7/c1-7-4-12(19)23-10-5-8(2-3-9(7)10)22-16-15(21)14(20)13(17)11(6-18)24-16/h2-5,11,13-16,18,20-21H,6,17H2,1H3/t11-,13-,14+,15-,16-/m1/s1. The Kier molecular flexibility index (Phi) is 4.57. The summed E-state index contributed by atoms with van der Waals surface area (Å²) < 4.78 is 16.1. The third-order valence-corrected chi connectivity index (χ3v) is 4.12. The first-order chi connectivity index (χ1) is 11.4. The molecule has 3 rings (SSSR count). The van der Waals surface area contributed by atoms with Gasteiger partial charge in [0, 0.05) is 17.5 Å².